The van der Waals surface area contributed by atoms with E-state index in [9.17, 15) is 14.7 Å². The summed E-state index contributed by atoms with van der Waals surface area (Å²) in [6.07, 6.45) is -0.00993. The second kappa shape index (κ2) is 4.42. The maximum absolute atomic E-state index is 11.2. The molecule has 0 heterocycles. The molecule has 1 aromatic carbocycles. The minimum atomic E-state index is -3.60. The molecule has 1 unspecified atom stereocenters. The van der Waals surface area contributed by atoms with Crippen LogP contribution in [0.2, 0.25) is 0 Å². The maximum Gasteiger partial charge on any atom is 0.376 e. The van der Waals surface area contributed by atoms with Crippen LogP contribution in [-0.4, -0.2) is 16.0 Å². The van der Waals surface area contributed by atoms with Crippen LogP contribution in [0.4, 0.5) is 5.69 Å². The molecule has 0 aliphatic rings. The number of nitrogens with zero attached hydrogens (tertiary/aromatic N) is 1. The van der Waals surface area contributed by atoms with Crippen molar-refractivity contribution in [1.82, 2.24) is 0 Å². The van der Waals surface area contributed by atoms with Gasteiger partial charge in [-0.15, -0.1) is 0 Å². The van der Waals surface area contributed by atoms with Crippen LogP contribution in [0.3, 0.4) is 0 Å². The topological polar surface area (TPSA) is 89.7 Å². The minimum Gasteiger partial charge on any atom is -0.424 e. The van der Waals surface area contributed by atoms with Gasteiger partial charge in [-0.2, -0.15) is 0 Å². The van der Waals surface area contributed by atoms with Crippen molar-refractivity contribution in [2.24, 2.45) is 0 Å². The monoisotopic (exact) mass is 231 g/mol. The first-order chi connectivity index (χ1) is 6.94. The summed E-state index contributed by atoms with van der Waals surface area (Å²) in [5.74, 6) is 0.147. The molecule has 1 aromatic rings. The van der Waals surface area contributed by atoms with Crippen LogP contribution in [-0.2, 0) is 4.57 Å². The molecule has 0 saturated heterocycles. The summed E-state index contributed by atoms with van der Waals surface area (Å²) in [6, 6.07) is 5.00. The van der Waals surface area contributed by atoms with Gasteiger partial charge in [0.1, 0.15) is 5.75 Å². The molecule has 0 spiro atoms. The third kappa shape index (κ3) is 3.34. The lowest BCUT2D eigenvalue weighted by molar-refractivity contribution is -0.384. The van der Waals surface area contributed by atoms with Gasteiger partial charge in [0.05, 0.1) is 11.1 Å². The Morgan fingerprint density at radius 3 is 2.40 bits per heavy atom. The van der Waals surface area contributed by atoms with Crippen molar-refractivity contribution in [3.8, 4) is 5.75 Å². The van der Waals surface area contributed by atoms with Crippen molar-refractivity contribution >= 4 is 13.3 Å². The molecule has 82 valence electrons. The zero-order valence-corrected chi connectivity index (χ0v) is 8.89. The Bertz CT molecular complexity index is 402. The highest BCUT2D eigenvalue weighted by molar-refractivity contribution is 7.53. The Kier molecular flexibility index (Phi) is 3.44. The summed E-state index contributed by atoms with van der Waals surface area (Å²) in [6.45, 7) is 1.52. The van der Waals surface area contributed by atoms with E-state index < -0.39 is 12.5 Å². The average molecular weight is 231 g/mol. The van der Waals surface area contributed by atoms with Gasteiger partial charge in [-0.05, 0) is 12.1 Å². The molecule has 1 atom stereocenters. The van der Waals surface area contributed by atoms with E-state index in [0.29, 0.717) is 0 Å². The summed E-state index contributed by atoms with van der Waals surface area (Å²) in [5, 5.41) is 10.3. The lowest BCUT2D eigenvalue weighted by atomic mass is 10.3. The summed E-state index contributed by atoms with van der Waals surface area (Å²) in [5.41, 5.74) is -0.0911. The Hall–Kier alpha value is -1.39. The molecule has 1 rings (SSSR count). The van der Waals surface area contributed by atoms with Gasteiger partial charge < -0.3 is 9.42 Å². The number of benzene rings is 1. The molecule has 1 N–H and O–H groups in total. The minimum absolute atomic E-state index is 0.00993. The Balaban J connectivity index is 2.82. The van der Waals surface area contributed by atoms with E-state index >= 15 is 0 Å². The summed E-state index contributed by atoms with van der Waals surface area (Å²) >= 11 is 0. The van der Waals surface area contributed by atoms with E-state index in [0.717, 1.165) is 0 Å². The van der Waals surface area contributed by atoms with E-state index in [2.05, 4.69) is 0 Å². The van der Waals surface area contributed by atoms with Crippen molar-refractivity contribution in [3.05, 3.63) is 34.4 Å². The fraction of sp³-hybridized carbons (Fsp3) is 0.250. The van der Waals surface area contributed by atoms with Crippen LogP contribution in [0.15, 0.2) is 24.3 Å². The highest BCUT2D eigenvalue weighted by atomic mass is 31.2. The highest BCUT2D eigenvalue weighted by Crippen LogP contribution is 2.41. The average Bonchev–Trinajstić information content (AvgIpc) is 2.18. The maximum atomic E-state index is 11.2. The first-order valence-electron chi connectivity index (χ1n) is 4.20. The number of nitro benzene ring substituents is 1. The van der Waals surface area contributed by atoms with Gasteiger partial charge in [0.15, 0.2) is 0 Å². The molecule has 0 bridgehead atoms. The molecular formula is C8H10NO5P. The molecule has 0 saturated carbocycles. The van der Waals surface area contributed by atoms with Gasteiger partial charge in [-0.3, -0.25) is 10.1 Å². The molecular weight excluding hydrogens is 221 g/mol. The molecule has 6 nitrogen and oxygen atoms in total. The van der Waals surface area contributed by atoms with Crippen molar-refractivity contribution < 1.29 is 18.9 Å². The van der Waals surface area contributed by atoms with Crippen LogP contribution in [0.5, 0.6) is 5.75 Å². The van der Waals surface area contributed by atoms with E-state index in [1.54, 1.807) is 0 Å². The highest BCUT2D eigenvalue weighted by Gasteiger charge is 2.17. The van der Waals surface area contributed by atoms with Gasteiger partial charge in [0.25, 0.3) is 5.69 Å². The van der Waals surface area contributed by atoms with Crippen molar-refractivity contribution in [2.45, 2.75) is 6.92 Å². The SMILES string of the molecule is CCP(=O)(O)Oc1ccc([N+](=O)[O-])cc1. The van der Waals surface area contributed by atoms with Crippen LogP contribution in [0.1, 0.15) is 6.92 Å². The summed E-state index contributed by atoms with van der Waals surface area (Å²) in [4.78, 5) is 18.9. The van der Waals surface area contributed by atoms with E-state index in [4.69, 9.17) is 9.42 Å². The Morgan fingerprint density at radius 1 is 1.47 bits per heavy atom. The zero-order valence-electron chi connectivity index (χ0n) is 7.99. The first kappa shape index (κ1) is 11.7. The lowest BCUT2D eigenvalue weighted by Crippen LogP contribution is -1.94. The Morgan fingerprint density at radius 2 is 2.00 bits per heavy atom. The predicted octanol–water partition coefficient (Wildman–Crippen LogP) is 2.18. The van der Waals surface area contributed by atoms with Gasteiger partial charge >= 0.3 is 7.60 Å². The predicted molar refractivity (Wildman–Crippen MR) is 54.1 cm³/mol. The number of nitro groups is 1. The third-order valence-corrected chi connectivity index (χ3v) is 2.99. The molecule has 0 fully saturated rings. The molecule has 0 aromatic heterocycles. The number of hydrogen-bond donors (Lipinski definition) is 1. The number of non-ortho nitro benzene ring substituents is 1. The fourth-order valence-electron chi connectivity index (χ4n) is 0.858. The van der Waals surface area contributed by atoms with Crippen LogP contribution in [0.25, 0.3) is 0 Å². The lowest BCUT2D eigenvalue weighted by Gasteiger charge is -2.10. The second-order valence-corrected chi connectivity index (χ2v) is 4.89. The second-order valence-electron chi connectivity index (χ2n) is 2.80. The van der Waals surface area contributed by atoms with E-state index in [1.165, 1.54) is 31.2 Å². The number of hydrogen-bond acceptors (Lipinski definition) is 4. The molecule has 15 heavy (non-hydrogen) atoms. The van der Waals surface area contributed by atoms with E-state index in [-0.39, 0.29) is 17.6 Å². The zero-order chi connectivity index (χ0) is 11.5. The van der Waals surface area contributed by atoms with Crippen LogP contribution >= 0.6 is 7.60 Å². The summed E-state index contributed by atoms with van der Waals surface area (Å²) in [7, 11) is -3.60. The number of rotatable bonds is 4. The molecule has 7 heteroatoms. The van der Waals surface area contributed by atoms with Crippen LogP contribution in [0, 0.1) is 10.1 Å². The third-order valence-electron chi connectivity index (χ3n) is 1.70. The largest absolute Gasteiger partial charge is 0.424 e. The van der Waals surface area contributed by atoms with Crippen LogP contribution < -0.4 is 4.52 Å². The molecule has 0 aliphatic heterocycles. The van der Waals surface area contributed by atoms with E-state index in [1.807, 2.05) is 0 Å². The normalized spacial score (nSPS) is 14.3. The summed E-state index contributed by atoms with van der Waals surface area (Å²) < 4.78 is 15.9. The smallest absolute Gasteiger partial charge is 0.376 e. The molecule has 0 radical (unpaired) electrons. The van der Waals surface area contributed by atoms with Gasteiger partial charge in [-0.25, -0.2) is 4.57 Å². The molecule has 0 aliphatic carbocycles. The fourth-order valence-corrected chi connectivity index (χ4v) is 1.44. The van der Waals surface area contributed by atoms with Crippen molar-refractivity contribution in [3.63, 3.8) is 0 Å². The first-order valence-corrected chi connectivity index (χ1v) is 5.97. The standard InChI is InChI=1S/C8H10NO5P/c1-2-15(12,13)14-8-5-3-7(4-6-8)9(10)11/h3-6H,2H2,1H3,(H,12,13). The van der Waals surface area contributed by atoms with Crippen molar-refractivity contribution in [1.29, 1.82) is 0 Å². The Labute approximate surface area is 86.2 Å². The quantitative estimate of drug-likeness (QED) is 0.487. The van der Waals surface area contributed by atoms with Crippen molar-refractivity contribution in [2.75, 3.05) is 6.16 Å². The van der Waals surface area contributed by atoms with Gasteiger partial charge in [0, 0.05) is 12.1 Å². The molecule has 0 amide bonds. The van der Waals surface area contributed by atoms with Gasteiger partial charge in [-0.1, -0.05) is 6.92 Å². The van der Waals surface area contributed by atoms with Gasteiger partial charge in [0.2, 0.25) is 0 Å².